The number of nitrogens with one attached hydrogen (secondary N) is 1. The van der Waals surface area contributed by atoms with E-state index in [1.54, 1.807) is 6.92 Å². The van der Waals surface area contributed by atoms with E-state index in [0.717, 1.165) is 23.9 Å². The Bertz CT molecular complexity index is 963. The molecule has 0 bridgehead atoms. The Hall–Kier alpha value is -3.36. The van der Waals surface area contributed by atoms with Gasteiger partial charge in [-0.25, -0.2) is 9.78 Å². The van der Waals surface area contributed by atoms with Crippen molar-refractivity contribution in [1.29, 1.82) is 0 Å². The first-order chi connectivity index (χ1) is 16.1. The Morgan fingerprint density at radius 2 is 1.82 bits per heavy atom. The van der Waals surface area contributed by atoms with Crippen molar-refractivity contribution in [3.05, 3.63) is 28.4 Å². The molecule has 0 unspecified atom stereocenters. The van der Waals surface area contributed by atoms with Crippen molar-refractivity contribution in [2.45, 2.75) is 57.8 Å². The van der Waals surface area contributed by atoms with Crippen LogP contribution >= 0.6 is 0 Å². The molecule has 0 aliphatic carbocycles. The second kappa shape index (κ2) is 12.2. The average molecular weight is 485 g/mol. The number of aromatic nitrogens is 2. The number of nitrogens with zero attached hydrogens (tertiary/aromatic N) is 2. The largest absolute Gasteiger partial charge is 0.466 e. The Morgan fingerprint density at radius 1 is 1.15 bits per heavy atom. The van der Waals surface area contributed by atoms with Crippen molar-refractivity contribution < 1.29 is 48.3 Å². The third kappa shape index (κ3) is 6.59. The fraction of sp³-hybridized carbons (Fsp3) is 0.600. The summed E-state index contributed by atoms with van der Waals surface area (Å²) in [6.45, 7) is 3.93. The van der Waals surface area contributed by atoms with Gasteiger partial charge in [0, 0.05) is 19.3 Å². The summed E-state index contributed by atoms with van der Waals surface area (Å²) in [5.41, 5.74) is -1.68. The smallest absolute Gasteiger partial charge is 0.329 e. The van der Waals surface area contributed by atoms with Gasteiger partial charge >= 0.3 is 17.9 Å². The fourth-order valence-corrected chi connectivity index (χ4v) is 3.13. The van der Waals surface area contributed by atoms with E-state index < -0.39 is 72.1 Å². The molecule has 14 heteroatoms. The minimum absolute atomic E-state index is 0.0157. The molecule has 2 rings (SSSR count). The Morgan fingerprint density at radius 3 is 2.44 bits per heavy atom. The number of aliphatic hydroxyl groups excluding tert-OH is 2. The first kappa shape index (κ1) is 26.9. The molecule has 3 N–H and O–H groups in total. The van der Waals surface area contributed by atoms with Gasteiger partial charge in [-0.3, -0.25) is 23.7 Å². The van der Waals surface area contributed by atoms with Crippen molar-refractivity contribution in [3.8, 4) is 0 Å². The Balaban J connectivity index is 2.24. The summed E-state index contributed by atoms with van der Waals surface area (Å²) in [5.74, 6) is -3.40. The molecule has 1 amide bonds. The zero-order valence-corrected chi connectivity index (χ0v) is 18.8. The lowest BCUT2D eigenvalue weighted by Crippen LogP contribution is -2.46. The van der Waals surface area contributed by atoms with Crippen LogP contribution in [0.5, 0.6) is 0 Å². The van der Waals surface area contributed by atoms with Gasteiger partial charge in [-0.05, 0) is 13.8 Å². The monoisotopic (exact) mass is 485 g/mol. The molecule has 0 saturated carbocycles. The van der Waals surface area contributed by atoms with E-state index in [0.29, 0.717) is 0 Å². The summed E-state index contributed by atoms with van der Waals surface area (Å²) in [6, 6.07) is -1.44. The van der Waals surface area contributed by atoms with E-state index in [9.17, 15) is 34.2 Å². The minimum Gasteiger partial charge on any atom is -0.466 e. The topological polar surface area (TPSA) is 193 Å². The summed E-state index contributed by atoms with van der Waals surface area (Å²) < 4.78 is 20.7. The quantitative estimate of drug-likeness (QED) is 0.245. The molecular formula is C20H27N3O11. The van der Waals surface area contributed by atoms with Crippen molar-refractivity contribution >= 4 is 23.8 Å². The van der Waals surface area contributed by atoms with Gasteiger partial charge in [0.15, 0.2) is 11.9 Å². The molecule has 34 heavy (non-hydrogen) atoms. The van der Waals surface area contributed by atoms with Gasteiger partial charge in [0.2, 0.25) is 0 Å². The predicted molar refractivity (Wildman–Crippen MR) is 110 cm³/mol. The SMILES string of the molecule is CCOC(=O)C[C@H](NC(=O)c1nccn([C@@H]2O[C@H](COC(C)=O)[C@@H](O)[C@H]2O)c1=O)C(=O)OCC. The van der Waals surface area contributed by atoms with E-state index in [-0.39, 0.29) is 19.8 Å². The second-order valence-corrected chi connectivity index (χ2v) is 7.12. The number of amides is 1. The van der Waals surface area contributed by atoms with Gasteiger partial charge in [0.1, 0.15) is 31.0 Å². The van der Waals surface area contributed by atoms with Gasteiger partial charge in [-0.15, -0.1) is 0 Å². The van der Waals surface area contributed by atoms with Gasteiger partial charge in [0.25, 0.3) is 11.5 Å². The zero-order chi connectivity index (χ0) is 25.4. The van der Waals surface area contributed by atoms with Crippen LogP contribution < -0.4 is 10.9 Å². The average Bonchev–Trinajstić information content (AvgIpc) is 3.06. The van der Waals surface area contributed by atoms with Gasteiger partial charge in [0.05, 0.1) is 19.6 Å². The summed E-state index contributed by atoms with van der Waals surface area (Å²) in [4.78, 5) is 64.3. The number of esters is 3. The molecule has 1 aromatic rings. The normalized spacial score (nSPS) is 22.5. The summed E-state index contributed by atoms with van der Waals surface area (Å²) in [7, 11) is 0. The molecular weight excluding hydrogens is 458 g/mol. The third-order valence-corrected chi connectivity index (χ3v) is 4.70. The van der Waals surface area contributed by atoms with Crippen LogP contribution in [-0.2, 0) is 33.3 Å². The van der Waals surface area contributed by atoms with Crippen LogP contribution in [0.25, 0.3) is 0 Å². The van der Waals surface area contributed by atoms with Crippen LogP contribution in [0.2, 0.25) is 0 Å². The molecule has 5 atom stereocenters. The highest BCUT2D eigenvalue weighted by Crippen LogP contribution is 2.28. The molecule has 0 aromatic carbocycles. The summed E-state index contributed by atoms with van der Waals surface area (Å²) >= 11 is 0. The molecule has 1 fully saturated rings. The molecule has 1 aliphatic heterocycles. The van der Waals surface area contributed by atoms with E-state index in [1.165, 1.54) is 6.92 Å². The number of carbonyl (C=O) groups excluding carboxylic acids is 4. The first-order valence-electron chi connectivity index (χ1n) is 10.5. The molecule has 0 radical (unpaired) electrons. The first-order valence-corrected chi connectivity index (χ1v) is 10.5. The highest BCUT2D eigenvalue weighted by Gasteiger charge is 2.45. The Kier molecular flexibility index (Phi) is 9.65. The summed E-state index contributed by atoms with van der Waals surface area (Å²) in [6.07, 6.45) is -3.96. The number of hydrogen-bond acceptors (Lipinski definition) is 12. The van der Waals surface area contributed by atoms with E-state index in [1.807, 2.05) is 0 Å². The van der Waals surface area contributed by atoms with Crippen LogP contribution in [-0.4, -0.2) is 87.8 Å². The van der Waals surface area contributed by atoms with Crippen LogP contribution in [0, 0.1) is 0 Å². The molecule has 14 nitrogen and oxygen atoms in total. The van der Waals surface area contributed by atoms with Crippen LogP contribution in [0.4, 0.5) is 0 Å². The van der Waals surface area contributed by atoms with Crippen molar-refractivity contribution in [2.24, 2.45) is 0 Å². The van der Waals surface area contributed by atoms with Crippen molar-refractivity contribution in [1.82, 2.24) is 14.9 Å². The van der Waals surface area contributed by atoms with Gasteiger partial charge < -0.3 is 34.5 Å². The lowest BCUT2D eigenvalue weighted by atomic mass is 10.1. The van der Waals surface area contributed by atoms with E-state index in [2.05, 4.69) is 10.3 Å². The lowest BCUT2D eigenvalue weighted by molar-refractivity contribution is -0.152. The Labute approximate surface area is 193 Å². The van der Waals surface area contributed by atoms with E-state index >= 15 is 0 Å². The zero-order valence-electron chi connectivity index (χ0n) is 18.8. The van der Waals surface area contributed by atoms with Gasteiger partial charge in [-0.2, -0.15) is 0 Å². The number of carbonyl (C=O) groups is 4. The maximum absolute atomic E-state index is 12.9. The lowest BCUT2D eigenvalue weighted by Gasteiger charge is -2.19. The predicted octanol–water partition coefficient (Wildman–Crippen LogP) is -1.96. The highest BCUT2D eigenvalue weighted by molar-refractivity contribution is 5.96. The highest BCUT2D eigenvalue weighted by atomic mass is 16.6. The molecule has 2 heterocycles. The second-order valence-electron chi connectivity index (χ2n) is 7.12. The summed E-state index contributed by atoms with van der Waals surface area (Å²) in [5, 5.41) is 22.7. The van der Waals surface area contributed by atoms with Crippen molar-refractivity contribution in [2.75, 3.05) is 19.8 Å². The standard InChI is InChI=1S/C20H27N3O11/c1-4-31-13(25)8-11(20(30)32-5-2)22-17(28)14-18(29)23(7-6-21-14)19-16(27)15(26)12(34-19)9-33-10(3)24/h6-7,11-12,15-16,19,26-27H,4-5,8-9H2,1-3H3,(H,22,28)/t11-,12+,15+,16+,19+/m0/s1. The molecule has 1 aromatic heterocycles. The molecule has 1 aliphatic rings. The number of hydrogen-bond donors (Lipinski definition) is 3. The third-order valence-electron chi connectivity index (χ3n) is 4.70. The van der Waals surface area contributed by atoms with Crippen LogP contribution in [0.1, 0.15) is 43.9 Å². The fourth-order valence-electron chi connectivity index (χ4n) is 3.13. The van der Waals surface area contributed by atoms with E-state index in [4.69, 9.17) is 18.9 Å². The van der Waals surface area contributed by atoms with Crippen LogP contribution in [0.15, 0.2) is 17.2 Å². The maximum atomic E-state index is 12.9. The number of ether oxygens (including phenoxy) is 4. The molecule has 0 spiro atoms. The molecule has 1 saturated heterocycles. The number of aliphatic hydroxyl groups is 2. The maximum Gasteiger partial charge on any atom is 0.329 e. The minimum atomic E-state index is -1.59. The van der Waals surface area contributed by atoms with Crippen molar-refractivity contribution in [3.63, 3.8) is 0 Å². The van der Waals surface area contributed by atoms with Crippen LogP contribution in [0.3, 0.4) is 0 Å². The molecule has 188 valence electrons. The van der Waals surface area contributed by atoms with Gasteiger partial charge in [-0.1, -0.05) is 0 Å². The number of rotatable bonds is 10.